The van der Waals surface area contributed by atoms with E-state index in [0.29, 0.717) is 37.3 Å². The smallest absolute Gasteiger partial charge is 0.414 e. The van der Waals surface area contributed by atoms with E-state index in [0.717, 1.165) is 0 Å². The number of benzene rings is 1. The molecule has 0 radical (unpaired) electrons. The molecular formula is C19H25FN4O5. The molecule has 1 aromatic rings. The first-order chi connectivity index (χ1) is 13.7. The van der Waals surface area contributed by atoms with Crippen molar-refractivity contribution in [1.29, 1.82) is 0 Å². The van der Waals surface area contributed by atoms with E-state index in [4.69, 9.17) is 10.5 Å². The van der Waals surface area contributed by atoms with Crippen LogP contribution in [0, 0.1) is 5.82 Å². The van der Waals surface area contributed by atoms with E-state index < -0.39 is 29.5 Å². The number of ether oxygens (including phenoxy) is 1. The van der Waals surface area contributed by atoms with Gasteiger partial charge in [0.1, 0.15) is 11.9 Å². The summed E-state index contributed by atoms with van der Waals surface area (Å²) in [5.41, 5.74) is 4.75. The lowest BCUT2D eigenvalue weighted by Crippen LogP contribution is -2.46. The Hall–Kier alpha value is -2.88. The topological polar surface area (TPSA) is 125 Å². The predicted molar refractivity (Wildman–Crippen MR) is 103 cm³/mol. The molecule has 0 aliphatic carbocycles. The molecule has 1 aromatic carbocycles. The number of nitrogens with one attached hydrogen (secondary N) is 1. The normalized spacial score (nSPS) is 21.1. The molecule has 2 aliphatic heterocycles. The van der Waals surface area contributed by atoms with Gasteiger partial charge in [-0.3, -0.25) is 14.5 Å². The van der Waals surface area contributed by atoms with Crippen LogP contribution >= 0.6 is 0 Å². The van der Waals surface area contributed by atoms with E-state index >= 15 is 0 Å². The fourth-order valence-electron chi connectivity index (χ4n) is 3.68. The molecule has 0 bridgehead atoms. The highest BCUT2D eigenvalue weighted by molar-refractivity contribution is 5.90. The molecule has 4 N–H and O–H groups in total. The lowest BCUT2D eigenvalue weighted by atomic mass is 9.88. The molecule has 3 amide bonds. The molecule has 158 valence electrons. The SMILES string of the molecule is CC(=O)NC[C@H]1CN(c2ccc(N3CCC(O)(CC(N)=O)CC3)c(F)c2)C(=O)O1. The van der Waals surface area contributed by atoms with Crippen molar-refractivity contribution in [3.8, 4) is 0 Å². The van der Waals surface area contributed by atoms with Crippen molar-refractivity contribution in [3.63, 3.8) is 0 Å². The van der Waals surface area contributed by atoms with Crippen LogP contribution in [-0.4, -0.2) is 60.9 Å². The van der Waals surface area contributed by atoms with Gasteiger partial charge in [0.2, 0.25) is 11.8 Å². The van der Waals surface area contributed by atoms with Crippen LogP contribution in [0.4, 0.5) is 20.6 Å². The third kappa shape index (κ3) is 4.94. The largest absolute Gasteiger partial charge is 0.442 e. The highest BCUT2D eigenvalue weighted by atomic mass is 19.1. The van der Waals surface area contributed by atoms with Gasteiger partial charge in [-0.1, -0.05) is 0 Å². The Bertz CT molecular complexity index is 810. The number of hydrogen-bond acceptors (Lipinski definition) is 6. The molecule has 10 heteroatoms. The maximum atomic E-state index is 14.8. The first-order valence-corrected chi connectivity index (χ1v) is 9.45. The zero-order valence-corrected chi connectivity index (χ0v) is 16.2. The van der Waals surface area contributed by atoms with Crippen LogP contribution in [0.2, 0.25) is 0 Å². The van der Waals surface area contributed by atoms with Gasteiger partial charge in [-0.2, -0.15) is 0 Å². The number of rotatable bonds is 6. The van der Waals surface area contributed by atoms with E-state index in [1.807, 2.05) is 0 Å². The van der Waals surface area contributed by atoms with E-state index in [1.165, 1.54) is 17.9 Å². The van der Waals surface area contributed by atoms with Gasteiger partial charge in [0.05, 0.1) is 36.5 Å². The molecule has 2 heterocycles. The van der Waals surface area contributed by atoms with Crippen LogP contribution in [0.3, 0.4) is 0 Å². The van der Waals surface area contributed by atoms with Gasteiger partial charge in [-0.05, 0) is 31.0 Å². The van der Waals surface area contributed by atoms with E-state index in [9.17, 15) is 23.9 Å². The van der Waals surface area contributed by atoms with Gasteiger partial charge in [0.25, 0.3) is 0 Å². The van der Waals surface area contributed by atoms with E-state index in [1.54, 1.807) is 17.0 Å². The quantitative estimate of drug-likeness (QED) is 0.629. The molecule has 2 saturated heterocycles. The van der Waals surface area contributed by atoms with E-state index in [2.05, 4.69) is 5.32 Å². The molecule has 0 spiro atoms. The average molecular weight is 408 g/mol. The Labute approximate surface area is 167 Å². The van der Waals surface area contributed by atoms with Crippen molar-refractivity contribution in [2.45, 2.75) is 37.9 Å². The van der Waals surface area contributed by atoms with Gasteiger partial charge in [-0.25, -0.2) is 9.18 Å². The summed E-state index contributed by atoms with van der Waals surface area (Å²) in [7, 11) is 0. The summed E-state index contributed by atoms with van der Waals surface area (Å²) in [5, 5.41) is 13.0. The molecule has 29 heavy (non-hydrogen) atoms. The minimum absolute atomic E-state index is 0.112. The van der Waals surface area contributed by atoms with E-state index in [-0.39, 0.29) is 25.4 Å². The fraction of sp³-hybridized carbons (Fsp3) is 0.526. The second-order valence-electron chi connectivity index (χ2n) is 7.54. The molecule has 3 rings (SSSR count). The molecule has 1 atom stereocenters. The number of carbonyl (C=O) groups is 3. The number of cyclic esters (lactones) is 1. The van der Waals surface area contributed by atoms with Crippen molar-refractivity contribution >= 4 is 29.3 Å². The standard InChI is InChI=1S/C19H25FN4O5/c1-12(25)22-10-14-11-24(18(27)29-14)13-2-3-16(15(20)8-13)23-6-4-19(28,5-7-23)9-17(21)26/h2-3,8,14,28H,4-7,9-11H2,1H3,(H2,21,26)(H,22,25)/t14-/m0/s1. The number of anilines is 2. The van der Waals surface area contributed by atoms with Gasteiger partial charge in [0.15, 0.2) is 0 Å². The van der Waals surface area contributed by atoms with Crippen molar-refractivity contribution in [2.75, 3.05) is 36.0 Å². The first-order valence-electron chi connectivity index (χ1n) is 9.45. The number of piperidine rings is 1. The van der Waals surface area contributed by atoms with Crippen molar-refractivity contribution in [2.24, 2.45) is 5.73 Å². The van der Waals surface area contributed by atoms with Gasteiger partial charge < -0.3 is 25.8 Å². The Morgan fingerprint density at radius 2 is 2.07 bits per heavy atom. The lowest BCUT2D eigenvalue weighted by Gasteiger charge is -2.39. The van der Waals surface area contributed by atoms with Crippen molar-refractivity contribution in [3.05, 3.63) is 24.0 Å². The highest BCUT2D eigenvalue weighted by Gasteiger charge is 2.35. The molecule has 2 fully saturated rings. The highest BCUT2D eigenvalue weighted by Crippen LogP contribution is 2.32. The Kier molecular flexibility index (Phi) is 5.92. The number of carbonyl (C=O) groups excluding carboxylic acids is 3. The van der Waals surface area contributed by atoms with Crippen molar-refractivity contribution in [1.82, 2.24) is 5.32 Å². The third-order valence-electron chi connectivity index (χ3n) is 5.23. The summed E-state index contributed by atoms with van der Waals surface area (Å²) < 4.78 is 19.9. The number of amides is 3. The fourth-order valence-corrected chi connectivity index (χ4v) is 3.68. The monoisotopic (exact) mass is 408 g/mol. The summed E-state index contributed by atoms with van der Waals surface area (Å²) in [6.07, 6.45) is -0.596. The molecular weight excluding hydrogens is 383 g/mol. The summed E-state index contributed by atoms with van der Waals surface area (Å²) in [6, 6.07) is 4.48. The predicted octanol–water partition coefficient (Wildman–Crippen LogP) is 0.494. The zero-order chi connectivity index (χ0) is 21.2. The van der Waals surface area contributed by atoms with Crippen molar-refractivity contribution < 1.29 is 28.6 Å². The molecule has 0 saturated carbocycles. The molecule has 0 aromatic heterocycles. The summed E-state index contributed by atoms with van der Waals surface area (Å²) in [6.45, 7) is 2.54. The number of nitrogens with zero attached hydrogens (tertiary/aromatic N) is 2. The number of primary amides is 1. The van der Waals surface area contributed by atoms with Crippen LogP contribution in [0.15, 0.2) is 18.2 Å². The second-order valence-corrected chi connectivity index (χ2v) is 7.54. The maximum absolute atomic E-state index is 14.8. The summed E-state index contributed by atoms with van der Waals surface area (Å²) in [5.74, 6) is -1.29. The van der Waals surface area contributed by atoms with Gasteiger partial charge >= 0.3 is 6.09 Å². The summed E-state index contributed by atoms with van der Waals surface area (Å²) >= 11 is 0. The van der Waals surface area contributed by atoms with Crippen LogP contribution in [0.5, 0.6) is 0 Å². The minimum atomic E-state index is -1.15. The number of aliphatic hydroxyl groups is 1. The van der Waals surface area contributed by atoms with Crippen LogP contribution in [-0.2, 0) is 14.3 Å². The first kappa shape index (κ1) is 20.8. The molecule has 2 aliphatic rings. The Morgan fingerprint density at radius 1 is 1.38 bits per heavy atom. The van der Waals surface area contributed by atoms with Crippen LogP contribution in [0.25, 0.3) is 0 Å². The third-order valence-corrected chi connectivity index (χ3v) is 5.23. The average Bonchev–Trinajstić information content (AvgIpc) is 3.01. The lowest BCUT2D eigenvalue weighted by molar-refractivity contribution is -0.123. The second kappa shape index (κ2) is 8.24. The van der Waals surface area contributed by atoms with Crippen LogP contribution < -0.4 is 20.9 Å². The van der Waals surface area contributed by atoms with Gasteiger partial charge in [0, 0.05) is 20.0 Å². The Morgan fingerprint density at radius 3 is 2.66 bits per heavy atom. The number of nitrogens with two attached hydrogens (primary N) is 1. The maximum Gasteiger partial charge on any atom is 0.414 e. The molecule has 9 nitrogen and oxygen atoms in total. The number of halogens is 1. The Balaban J connectivity index is 1.64. The van der Waals surface area contributed by atoms with Crippen LogP contribution in [0.1, 0.15) is 26.2 Å². The minimum Gasteiger partial charge on any atom is -0.442 e. The zero-order valence-electron chi connectivity index (χ0n) is 16.2. The van der Waals surface area contributed by atoms with Gasteiger partial charge in [-0.15, -0.1) is 0 Å². The summed E-state index contributed by atoms with van der Waals surface area (Å²) in [4.78, 5) is 37.3. The molecule has 0 unspecified atom stereocenters. The number of hydrogen-bond donors (Lipinski definition) is 3.